The fourth-order valence-corrected chi connectivity index (χ4v) is 1.01. The van der Waals surface area contributed by atoms with Gasteiger partial charge < -0.3 is 4.74 Å². The lowest BCUT2D eigenvalue weighted by Crippen LogP contribution is -2.04. The molecule has 0 bridgehead atoms. The second-order valence-electron chi connectivity index (χ2n) is 2.63. The number of benzene rings is 1. The number of ether oxygens (including phenoxy) is 1. The lowest BCUT2D eigenvalue weighted by atomic mass is 10.2. The Hall–Kier alpha value is -1.28. The summed E-state index contributed by atoms with van der Waals surface area (Å²) in [6, 6.07) is 9.79. The molecule has 14 heavy (non-hydrogen) atoms. The number of rotatable bonds is 4. The largest absolute Gasteiger partial charge is 0.461 e. The highest BCUT2D eigenvalue weighted by molar-refractivity contribution is 6.26. The van der Waals surface area contributed by atoms with Crippen LogP contribution in [0.5, 0.6) is 0 Å². The van der Waals surface area contributed by atoms with Gasteiger partial charge in [-0.15, -0.1) is 11.6 Å². The van der Waals surface area contributed by atoms with Crippen LogP contribution in [0.4, 0.5) is 0 Å². The van der Waals surface area contributed by atoms with E-state index in [4.69, 9.17) is 16.3 Å². The van der Waals surface area contributed by atoms with Crippen LogP contribution in [0.15, 0.2) is 36.4 Å². The average Bonchev–Trinajstić information content (AvgIpc) is 2.25. The van der Waals surface area contributed by atoms with E-state index in [-0.39, 0.29) is 12.5 Å². The molecule has 0 aliphatic carbocycles. The van der Waals surface area contributed by atoms with Gasteiger partial charge in [0, 0.05) is 0 Å². The Kier molecular flexibility index (Phi) is 4.79. The van der Waals surface area contributed by atoms with E-state index in [2.05, 4.69) is 0 Å². The van der Waals surface area contributed by atoms with E-state index in [1.165, 1.54) is 0 Å². The molecule has 0 saturated heterocycles. The number of hydrogen-bond acceptors (Lipinski definition) is 2. The predicted molar refractivity (Wildman–Crippen MR) is 57.2 cm³/mol. The van der Waals surface area contributed by atoms with Crippen molar-refractivity contribution >= 4 is 23.6 Å². The molecule has 0 saturated carbocycles. The van der Waals surface area contributed by atoms with Crippen LogP contribution < -0.4 is 0 Å². The highest BCUT2D eigenvalue weighted by atomic mass is 35.5. The fraction of sp³-hybridized carbons (Fsp3) is 0.182. The molecule has 0 aliphatic heterocycles. The molecule has 1 rings (SSSR count). The number of hydrogen-bond donors (Lipinski definition) is 0. The van der Waals surface area contributed by atoms with Crippen LogP contribution in [0, 0.1) is 0 Å². The van der Waals surface area contributed by atoms with Gasteiger partial charge in [0.05, 0.1) is 0 Å². The van der Waals surface area contributed by atoms with Crippen LogP contribution in [0.25, 0.3) is 6.08 Å². The number of carbonyl (C=O) groups is 1. The van der Waals surface area contributed by atoms with E-state index in [9.17, 15) is 4.79 Å². The van der Waals surface area contributed by atoms with Crippen molar-refractivity contribution < 1.29 is 9.53 Å². The van der Waals surface area contributed by atoms with Crippen molar-refractivity contribution in [2.24, 2.45) is 0 Å². The minimum Gasteiger partial charge on any atom is -0.461 e. The highest BCUT2D eigenvalue weighted by Crippen LogP contribution is 2.00. The summed E-state index contributed by atoms with van der Waals surface area (Å²) < 4.78 is 4.76. The molecule has 0 aromatic heterocycles. The molecule has 0 N–H and O–H groups in total. The van der Waals surface area contributed by atoms with Crippen LogP contribution in [0.2, 0.25) is 0 Å². The first-order valence-electron chi connectivity index (χ1n) is 4.26. The topological polar surface area (TPSA) is 26.3 Å². The molecule has 0 radical (unpaired) electrons. The van der Waals surface area contributed by atoms with Crippen LogP contribution in [-0.4, -0.2) is 18.5 Å². The Labute approximate surface area is 88.1 Å². The summed E-state index contributed by atoms with van der Waals surface area (Å²) in [5.41, 5.74) is 1.08. The molecule has 3 heteroatoms. The smallest absolute Gasteiger partial charge is 0.321 e. The van der Waals surface area contributed by atoms with Gasteiger partial charge in [-0.25, -0.2) is 0 Å². The van der Waals surface area contributed by atoms with Crippen molar-refractivity contribution in [2.75, 3.05) is 12.5 Å². The second-order valence-corrected chi connectivity index (χ2v) is 2.90. The van der Waals surface area contributed by atoms with Gasteiger partial charge in [-0.3, -0.25) is 4.79 Å². The van der Waals surface area contributed by atoms with Crippen LogP contribution in [-0.2, 0) is 9.53 Å². The number of carbonyl (C=O) groups excluding carboxylic acids is 1. The second kappa shape index (κ2) is 6.22. The van der Waals surface area contributed by atoms with Gasteiger partial charge >= 0.3 is 5.97 Å². The normalized spacial score (nSPS) is 10.4. The van der Waals surface area contributed by atoms with Gasteiger partial charge in [-0.1, -0.05) is 36.4 Å². The Morgan fingerprint density at radius 3 is 2.71 bits per heavy atom. The van der Waals surface area contributed by atoms with E-state index >= 15 is 0 Å². The Balaban J connectivity index is 2.31. The first-order chi connectivity index (χ1) is 6.83. The summed E-state index contributed by atoms with van der Waals surface area (Å²) in [6.07, 6.45) is 3.67. The number of esters is 1. The summed E-state index contributed by atoms with van der Waals surface area (Å²) >= 11 is 5.25. The third-order valence-corrected chi connectivity index (χ3v) is 1.78. The van der Waals surface area contributed by atoms with Gasteiger partial charge in [0.25, 0.3) is 0 Å². The van der Waals surface area contributed by atoms with Crippen LogP contribution in [0.3, 0.4) is 0 Å². The van der Waals surface area contributed by atoms with E-state index in [0.29, 0.717) is 0 Å². The number of halogens is 1. The van der Waals surface area contributed by atoms with Crippen molar-refractivity contribution in [1.82, 2.24) is 0 Å². The van der Waals surface area contributed by atoms with Crippen molar-refractivity contribution in [3.05, 3.63) is 42.0 Å². The summed E-state index contributed by atoms with van der Waals surface area (Å²) in [6.45, 7) is 0.264. The molecule has 0 heterocycles. The van der Waals surface area contributed by atoms with E-state index < -0.39 is 5.97 Å². The molecule has 0 atom stereocenters. The zero-order chi connectivity index (χ0) is 10.2. The SMILES string of the molecule is O=C(CCl)OCC=Cc1ccccc1. The van der Waals surface area contributed by atoms with E-state index in [1.54, 1.807) is 6.08 Å². The lowest BCUT2D eigenvalue weighted by molar-refractivity contribution is -0.139. The molecule has 2 nitrogen and oxygen atoms in total. The molecule has 0 amide bonds. The molecular formula is C11H11ClO2. The highest BCUT2D eigenvalue weighted by Gasteiger charge is 1.95. The van der Waals surface area contributed by atoms with Crippen LogP contribution in [0.1, 0.15) is 5.56 Å². The Morgan fingerprint density at radius 2 is 2.07 bits per heavy atom. The molecule has 1 aromatic rings. The van der Waals surface area contributed by atoms with Crippen molar-refractivity contribution in [2.45, 2.75) is 0 Å². The summed E-state index contributed by atoms with van der Waals surface area (Å²) in [5.74, 6) is -0.497. The van der Waals surface area contributed by atoms with Crippen molar-refractivity contribution in [3.63, 3.8) is 0 Å². The van der Waals surface area contributed by atoms with Gasteiger partial charge in [0.2, 0.25) is 0 Å². The quantitative estimate of drug-likeness (QED) is 0.564. The molecule has 74 valence electrons. The van der Waals surface area contributed by atoms with Gasteiger partial charge in [0.15, 0.2) is 0 Å². The lowest BCUT2D eigenvalue weighted by Gasteiger charge is -1.96. The summed E-state index contributed by atoms with van der Waals surface area (Å²) in [7, 11) is 0. The molecular weight excluding hydrogens is 200 g/mol. The Morgan fingerprint density at radius 1 is 1.36 bits per heavy atom. The van der Waals surface area contributed by atoms with Gasteiger partial charge in [-0.2, -0.15) is 0 Å². The minimum absolute atomic E-state index is 0.0980. The van der Waals surface area contributed by atoms with Gasteiger partial charge in [-0.05, 0) is 11.6 Å². The number of alkyl halides is 1. The third kappa shape index (κ3) is 4.10. The maximum absolute atomic E-state index is 10.6. The molecule has 0 unspecified atom stereocenters. The van der Waals surface area contributed by atoms with Crippen LogP contribution >= 0.6 is 11.6 Å². The van der Waals surface area contributed by atoms with E-state index in [1.807, 2.05) is 36.4 Å². The third-order valence-electron chi connectivity index (χ3n) is 1.56. The zero-order valence-corrected chi connectivity index (χ0v) is 8.41. The standard InChI is InChI=1S/C11H11ClO2/c12-9-11(13)14-8-4-7-10-5-2-1-3-6-10/h1-7H,8-9H2. The molecule has 1 aromatic carbocycles. The maximum Gasteiger partial charge on any atom is 0.321 e. The molecule has 0 aliphatic rings. The summed E-state index contributed by atoms with van der Waals surface area (Å²) in [4.78, 5) is 10.6. The first kappa shape index (κ1) is 10.8. The average molecular weight is 211 g/mol. The van der Waals surface area contributed by atoms with Crippen molar-refractivity contribution in [1.29, 1.82) is 0 Å². The monoisotopic (exact) mass is 210 g/mol. The zero-order valence-electron chi connectivity index (χ0n) is 7.65. The fourth-order valence-electron chi connectivity index (χ4n) is 0.928. The first-order valence-corrected chi connectivity index (χ1v) is 4.79. The minimum atomic E-state index is -0.399. The van der Waals surface area contributed by atoms with E-state index in [0.717, 1.165) is 5.56 Å². The van der Waals surface area contributed by atoms with Crippen molar-refractivity contribution in [3.8, 4) is 0 Å². The summed E-state index contributed by atoms with van der Waals surface area (Å²) in [5, 5.41) is 0. The Bertz CT molecular complexity index is 306. The van der Waals surface area contributed by atoms with Gasteiger partial charge in [0.1, 0.15) is 12.5 Å². The maximum atomic E-state index is 10.6. The molecule has 0 fully saturated rings. The predicted octanol–water partition coefficient (Wildman–Crippen LogP) is 2.48. The molecule has 0 spiro atoms.